The Balaban J connectivity index is 0.00000144. The van der Waals surface area contributed by atoms with Gasteiger partial charge in [0.15, 0.2) is 0 Å². The van der Waals surface area contributed by atoms with E-state index in [1.54, 1.807) is 0 Å². The number of nitrogens with one attached hydrogen (secondary N) is 2. The third-order valence-electron chi connectivity index (χ3n) is 5.22. The van der Waals surface area contributed by atoms with E-state index < -0.39 is 0 Å². The van der Waals surface area contributed by atoms with Gasteiger partial charge in [0.1, 0.15) is 0 Å². The first kappa shape index (κ1) is 16.3. The van der Waals surface area contributed by atoms with Gasteiger partial charge >= 0.3 is 0 Å². The zero-order valence-electron chi connectivity index (χ0n) is 12.4. The summed E-state index contributed by atoms with van der Waals surface area (Å²) < 4.78 is 1.10. The molecule has 4 rings (SSSR count). The van der Waals surface area contributed by atoms with Gasteiger partial charge in [0.05, 0.1) is 0 Å². The second kappa shape index (κ2) is 6.50. The van der Waals surface area contributed by atoms with Crippen molar-refractivity contribution in [1.82, 2.24) is 10.6 Å². The molecule has 120 valence electrons. The van der Waals surface area contributed by atoms with E-state index in [2.05, 4.69) is 44.8 Å². The number of hydrogen-bond acceptors (Lipinski definition) is 2. The molecule has 2 N–H and O–H groups in total. The Morgan fingerprint density at radius 1 is 1.18 bits per heavy atom. The summed E-state index contributed by atoms with van der Waals surface area (Å²) in [4.78, 5) is 12.4. The molecule has 1 aromatic rings. The van der Waals surface area contributed by atoms with E-state index in [9.17, 15) is 4.79 Å². The highest BCUT2D eigenvalue weighted by atomic mass is 79.9. The first-order valence-electron chi connectivity index (χ1n) is 8.01. The summed E-state index contributed by atoms with van der Waals surface area (Å²) in [5.41, 5.74) is 1.29. The van der Waals surface area contributed by atoms with Crippen molar-refractivity contribution in [2.24, 2.45) is 5.92 Å². The van der Waals surface area contributed by atoms with Crippen LogP contribution in [0.2, 0.25) is 0 Å². The SMILES string of the molecule is Cl.O=C(NC1CC2CCC(C1)N2)C1CC1c1cccc(Br)c1. The van der Waals surface area contributed by atoms with Crippen LogP contribution in [0, 0.1) is 5.92 Å². The van der Waals surface area contributed by atoms with Crippen LogP contribution in [0.25, 0.3) is 0 Å². The number of hydrogen-bond donors (Lipinski definition) is 2. The molecule has 4 unspecified atom stereocenters. The van der Waals surface area contributed by atoms with Gasteiger partial charge in [-0.15, -0.1) is 12.4 Å². The Morgan fingerprint density at radius 3 is 2.59 bits per heavy atom. The van der Waals surface area contributed by atoms with Gasteiger partial charge in [-0.1, -0.05) is 28.1 Å². The molecule has 1 aliphatic carbocycles. The summed E-state index contributed by atoms with van der Waals surface area (Å²) >= 11 is 3.51. The molecule has 0 aromatic heterocycles. The molecule has 0 radical (unpaired) electrons. The van der Waals surface area contributed by atoms with Crippen molar-refractivity contribution < 1.29 is 4.79 Å². The summed E-state index contributed by atoms with van der Waals surface area (Å²) in [6, 6.07) is 10.0. The Kier molecular flexibility index (Phi) is 4.81. The zero-order chi connectivity index (χ0) is 14.4. The monoisotopic (exact) mass is 384 g/mol. The maximum absolute atomic E-state index is 12.4. The van der Waals surface area contributed by atoms with Gasteiger partial charge in [-0.25, -0.2) is 0 Å². The minimum absolute atomic E-state index is 0. The van der Waals surface area contributed by atoms with Crippen molar-refractivity contribution in [2.75, 3.05) is 0 Å². The van der Waals surface area contributed by atoms with E-state index >= 15 is 0 Å². The number of halogens is 2. The Morgan fingerprint density at radius 2 is 1.91 bits per heavy atom. The van der Waals surface area contributed by atoms with E-state index in [1.807, 2.05) is 6.07 Å². The highest BCUT2D eigenvalue weighted by Gasteiger charge is 2.45. The summed E-state index contributed by atoms with van der Waals surface area (Å²) in [6.45, 7) is 0. The van der Waals surface area contributed by atoms with Crippen molar-refractivity contribution >= 4 is 34.2 Å². The van der Waals surface area contributed by atoms with Crippen LogP contribution in [-0.2, 0) is 4.79 Å². The van der Waals surface area contributed by atoms with Gasteiger partial charge in [-0.05, 0) is 55.7 Å². The van der Waals surface area contributed by atoms with Crippen molar-refractivity contribution in [3.8, 4) is 0 Å². The third kappa shape index (κ3) is 3.34. The number of rotatable bonds is 3. The molecule has 3 nitrogen and oxygen atoms in total. The van der Waals surface area contributed by atoms with E-state index in [-0.39, 0.29) is 24.2 Å². The number of fused-ring (bicyclic) bond motifs is 2. The molecule has 5 heteroatoms. The summed E-state index contributed by atoms with van der Waals surface area (Å²) in [5, 5.41) is 6.93. The van der Waals surface area contributed by atoms with Gasteiger partial charge in [0, 0.05) is 28.5 Å². The molecule has 1 aromatic carbocycles. The predicted molar refractivity (Wildman–Crippen MR) is 93.3 cm³/mol. The lowest BCUT2D eigenvalue weighted by molar-refractivity contribution is -0.123. The van der Waals surface area contributed by atoms with E-state index in [0.717, 1.165) is 23.7 Å². The second-order valence-electron chi connectivity index (χ2n) is 6.82. The minimum atomic E-state index is 0. The molecule has 22 heavy (non-hydrogen) atoms. The number of piperidine rings is 1. The average Bonchev–Trinajstić information content (AvgIpc) is 3.19. The lowest BCUT2D eigenvalue weighted by Gasteiger charge is -2.29. The lowest BCUT2D eigenvalue weighted by atomic mass is 9.99. The molecule has 4 atom stereocenters. The molecular weight excluding hydrogens is 364 g/mol. The molecule has 2 bridgehead atoms. The Hall–Kier alpha value is -0.580. The van der Waals surface area contributed by atoms with E-state index in [0.29, 0.717) is 24.0 Å². The molecule has 2 heterocycles. The first-order chi connectivity index (χ1) is 10.2. The van der Waals surface area contributed by atoms with Crippen LogP contribution in [-0.4, -0.2) is 24.0 Å². The molecule has 2 saturated heterocycles. The van der Waals surface area contributed by atoms with Crippen molar-refractivity contribution in [1.29, 1.82) is 0 Å². The zero-order valence-corrected chi connectivity index (χ0v) is 14.8. The largest absolute Gasteiger partial charge is 0.353 e. The molecule has 1 saturated carbocycles. The minimum Gasteiger partial charge on any atom is -0.353 e. The highest BCUT2D eigenvalue weighted by Crippen LogP contribution is 2.48. The normalized spacial score (nSPS) is 35.6. The van der Waals surface area contributed by atoms with Crippen LogP contribution < -0.4 is 10.6 Å². The van der Waals surface area contributed by atoms with Crippen molar-refractivity contribution in [3.05, 3.63) is 34.3 Å². The molecule has 3 fully saturated rings. The quantitative estimate of drug-likeness (QED) is 0.837. The lowest BCUT2D eigenvalue weighted by Crippen LogP contribution is -2.48. The van der Waals surface area contributed by atoms with Gasteiger partial charge in [-0.2, -0.15) is 0 Å². The van der Waals surface area contributed by atoms with Gasteiger partial charge < -0.3 is 10.6 Å². The molecule has 2 aliphatic heterocycles. The van der Waals surface area contributed by atoms with Crippen LogP contribution in [0.1, 0.15) is 43.6 Å². The van der Waals surface area contributed by atoms with Gasteiger partial charge in [-0.3, -0.25) is 4.79 Å². The van der Waals surface area contributed by atoms with Crippen molar-refractivity contribution in [3.63, 3.8) is 0 Å². The fraction of sp³-hybridized carbons (Fsp3) is 0.588. The van der Waals surface area contributed by atoms with Crippen LogP contribution >= 0.6 is 28.3 Å². The van der Waals surface area contributed by atoms with E-state index in [1.165, 1.54) is 18.4 Å². The molecule has 1 amide bonds. The fourth-order valence-electron chi connectivity index (χ4n) is 4.07. The number of carbonyl (C=O) groups excluding carboxylic acids is 1. The molecule has 0 spiro atoms. The first-order valence-corrected chi connectivity index (χ1v) is 8.80. The summed E-state index contributed by atoms with van der Waals surface area (Å²) in [7, 11) is 0. The van der Waals surface area contributed by atoms with Crippen LogP contribution in [0.4, 0.5) is 0 Å². The Labute approximate surface area is 146 Å². The summed E-state index contributed by atoms with van der Waals surface area (Å²) in [5.74, 6) is 0.874. The summed E-state index contributed by atoms with van der Waals surface area (Å²) in [6.07, 6.45) is 5.77. The van der Waals surface area contributed by atoms with Gasteiger partial charge in [0.25, 0.3) is 0 Å². The fourth-order valence-corrected chi connectivity index (χ4v) is 4.49. The van der Waals surface area contributed by atoms with Crippen LogP contribution in [0.15, 0.2) is 28.7 Å². The maximum Gasteiger partial charge on any atom is 0.223 e. The highest BCUT2D eigenvalue weighted by molar-refractivity contribution is 9.10. The smallest absolute Gasteiger partial charge is 0.223 e. The molecule has 3 aliphatic rings. The molecular formula is C17H22BrClN2O. The maximum atomic E-state index is 12.4. The topological polar surface area (TPSA) is 41.1 Å². The third-order valence-corrected chi connectivity index (χ3v) is 5.72. The second-order valence-corrected chi connectivity index (χ2v) is 7.73. The number of benzene rings is 1. The van der Waals surface area contributed by atoms with Crippen LogP contribution in [0.5, 0.6) is 0 Å². The number of carbonyl (C=O) groups is 1. The van der Waals surface area contributed by atoms with Gasteiger partial charge in [0.2, 0.25) is 5.91 Å². The predicted octanol–water partition coefficient (Wildman–Crippen LogP) is 3.37. The van der Waals surface area contributed by atoms with E-state index in [4.69, 9.17) is 0 Å². The standard InChI is InChI=1S/C17H21BrN2O.ClH/c18-11-3-1-2-10(6-11)15-9-16(15)17(21)20-14-7-12-4-5-13(8-14)19-12;/h1-3,6,12-16,19H,4-5,7-9H2,(H,20,21);1H. The van der Waals surface area contributed by atoms with Crippen LogP contribution in [0.3, 0.4) is 0 Å². The van der Waals surface area contributed by atoms with Crippen molar-refractivity contribution in [2.45, 2.75) is 56.1 Å². The Bertz CT molecular complexity index is 555. The number of amides is 1. The average molecular weight is 386 g/mol.